The largest absolute Gasteiger partial charge is 0.489 e. The molecule has 0 heterocycles. The molecule has 3 rings (SSSR count). The number of esters is 1. The molecule has 0 saturated carbocycles. The third-order valence-electron chi connectivity index (χ3n) is 4.51. The van der Waals surface area contributed by atoms with Gasteiger partial charge >= 0.3 is 5.97 Å². The maximum atomic E-state index is 13.1. The zero-order valence-corrected chi connectivity index (χ0v) is 16.5. The van der Waals surface area contributed by atoms with Gasteiger partial charge in [-0.25, -0.2) is 9.18 Å². The molecule has 30 heavy (non-hydrogen) atoms. The minimum atomic E-state index is -0.872. The lowest BCUT2D eigenvalue weighted by Gasteiger charge is -2.17. The quantitative estimate of drug-likeness (QED) is 0.575. The van der Waals surface area contributed by atoms with Gasteiger partial charge in [0.05, 0.1) is 7.11 Å². The van der Waals surface area contributed by atoms with Gasteiger partial charge in [0.1, 0.15) is 24.2 Å². The lowest BCUT2D eigenvalue weighted by molar-refractivity contribution is -0.142. The second-order valence-electron chi connectivity index (χ2n) is 6.68. The van der Waals surface area contributed by atoms with Crippen LogP contribution in [0.15, 0.2) is 78.9 Å². The molecule has 3 aromatic rings. The Labute approximate surface area is 174 Å². The molecule has 0 unspecified atom stereocenters. The summed E-state index contributed by atoms with van der Waals surface area (Å²) in [7, 11) is 1.26. The van der Waals surface area contributed by atoms with Gasteiger partial charge in [-0.1, -0.05) is 42.5 Å². The van der Waals surface area contributed by atoms with Crippen LogP contribution in [0, 0.1) is 5.82 Å². The third-order valence-corrected chi connectivity index (χ3v) is 4.51. The van der Waals surface area contributed by atoms with E-state index in [0.717, 1.165) is 11.1 Å². The average Bonchev–Trinajstić information content (AvgIpc) is 2.78. The molecule has 0 aliphatic carbocycles. The van der Waals surface area contributed by atoms with Crippen LogP contribution in [-0.2, 0) is 22.6 Å². The number of rotatable bonds is 8. The van der Waals surface area contributed by atoms with Crippen LogP contribution in [0.25, 0.3) is 0 Å². The predicted octanol–water partition coefficient (Wildman–Crippen LogP) is 3.92. The van der Waals surface area contributed by atoms with Crippen LogP contribution in [-0.4, -0.2) is 25.0 Å². The van der Waals surface area contributed by atoms with E-state index in [9.17, 15) is 14.0 Å². The average molecular weight is 407 g/mol. The van der Waals surface area contributed by atoms with Crippen molar-refractivity contribution in [3.63, 3.8) is 0 Å². The number of carbonyl (C=O) groups excluding carboxylic acids is 2. The number of ether oxygens (including phenoxy) is 2. The molecule has 0 spiro atoms. The van der Waals surface area contributed by atoms with E-state index < -0.39 is 23.7 Å². The molecule has 6 heteroatoms. The summed E-state index contributed by atoms with van der Waals surface area (Å²) in [5, 5.41) is 2.65. The number of amides is 1. The standard InChI is InChI=1S/C24H22FNO4/c1-29-24(28)22(26-23(27)19-9-11-20(25)12-10-19)15-17-7-13-21(14-8-17)30-16-18-5-3-2-4-6-18/h2-14,22H,15-16H2,1H3,(H,26,27)/t22-/m1/s1. The summed E-state index contributed by atoms with van der Waals surface area (Å²) in [6.07, 6.45) is 0.249. The van der Waals surface area contributed by atoms with Crippen LogP contribution in [0.2, 0.25) is 0 Å². The Morgan fingerprint density at radius 1 is 0.900 bits per heavy atom. The van der Waals surface area contributed by atoms with Crippen LogP contribution < -0.4 is 10.1 Å². The number of benzene rings is 3. The van der Waals surface area contributed by atoms with Crippen molar-refractivity contribution in [3.8, 4) is 5.75 Å². The van der Waals surface area contributed by atoms with Crippen LogP contribution in [0.5, 0.6) is 5.75 Å². The van der Waals surface area contributed by atoms with Gasteiger partial charge in [-0.05, 0) is 47.5 Å². The first kappa shape index (κ1) is 21.0. The fourth-order valence-corrected chi connectivity index (χ4v) is 2.88. The zero-order valence-electron chi connectivity index (χ0n) is 16.5. The number of methoxy groups -OCH3 is 1. The first-order chi connectivity index (χ1) is 14.5. The Bertz CT molecular complexity index is 972. The monoisotopic (exact) mass is 407 g/mol. The van der Waals surface area contributed by atoms with E-state index in [2.05, 4.69) is 5.32 Å². The second kappa shape index (κ2) is 10.2. The molecule has 1 amide bonds. The van der Waals surface area contributed by atoms with Crippen molar-refractivity contribution in [2.75, 3.05) is 7.11 Å². The van der Waals surface area contributed by atoms with Gasteiger partial charge < -0.3 is 14.8 Å². The van der Waals surface area contributed by atoms with Crippen molar-refractivity contribution in [1.29, 1.82) is 0 Å². The fraction of sp³-hybridized carbons (Fsp3) is 0.167. The zero-order chi connectivity index (χ0) is 21.3. The Balaban J connectivity index is 1.62. The van der Waals surface area contributed by atoms with Gasteiger partial charge in [0.2, 0.25) is 0 Å². The first-order valence-corrected chi connectivity index (χ1v) is 9.45. The van der Waals surface area contributed by atoms with E-state index in [4.69, 9.17) is 9.47 Å². The molecule has 5 nitrogen and oxygen atoms in total. The van der Waals surface area contributed by atoms with E-state index in [1.54, 1.807) is 0 Å². The molecule has 0 bridgehead atoms. The fourth-order valence-electron chi connectivity index (χ4n) is 2.88. The highest BCUT2D eigenvalue weighted by molar-refractivity contribution is 5.96. The number of carbonyl (C=O) groups is 2. The van der Waals surface area contributed by atoms with E-state index in [1.807, 2.05) is 54.6 Å². The number of nitrogens with one attached hydrogen (secondary N) is 1. The minimum absolute atomic E-state index is 0.249. The summed E-state index contributed by atoms with van der Waals surface area (Å²) in [6.45, 7) is 0.457. The van der Waals surface area contributed by atoms with E-state index in [1.165, 1.54) is 31.4 Å². The highest BCUT2D eigenvalue weighted by atomic mass is 19.1. The van der Waals surface area contributed by atoms with Crippen molar-refractivity contribution in [2.45, 2.75) is 19.1 Å². The van der Waals surface area contributed by atoms with Crippen molar-refractivity contribution in [3.05, 3.63) is 101 Å². The van der Waals surface area contributed by atoms with Gasteiger partial charge in [0.15, 0.2) is 0 Å². The Morgan fingerprint density at radius 3 is 2.20 bits per heavy atom. The second-order valence-corrected chi connectivity index (χ2v) is 6.68. The van der Waals surface area contributed by atoms with Crippen LogP contribution in [0.1, 0.15) is 21.5 Å². The minimum Gasteiger partial charge on any atom is -0.489 e. The van der Waals surface area contributed by atoms with Crippen molar-refractivity contribution >= 4 is 11.9 Å². The summed E-state index contributed by atoms with van der Waals surface area (Å²) < 4.78 is 23.6. The highest BCUT2D eigenvalue weighted by Gasteiger charge is 2.22. The van der Waals surface area contributed by atoms with Crippen LogP contribution >= 0.6 is 0 Å². The topological polar surface area (TPSA) is 64.6 Å². The Kier molecular flexibility index (Phi) is 7.16. The summed E-state index contributed by atoms with van der Waals surface area (Å²) in [5.41, 5.74) is 2.16. The third kappa shape index (κ3) is 5.91. The number of hydrogen-bond acceptors (Lipinski definition) is 4. The molecule has 1 atom stereocenters. The molecule has 1 N–H and O–H groups in total. The van der Waals surface area contributed by atoms with Gasteiger partial charge in [-0.3, -0.25) is 4.79 Å². The van der Waals surface area contributed by atoms with Crippen LogP contribution in [0.3, 0.4) is 0 Å². The molecule has 0 fully saturated rings. The van der Waals surface area contributed by atoms with E-state index >= 15 is 0 Å². The number of halogens is 1. The lowest BCUT2D eigenvalue weighted by Crippen LogP contribution is -2.43. The van der Waals surface area contributed by atoms with Gasteiger partial charge in [0.25, 0.3) is 5.91 Å². The molecular formula is C24H22FNO4. The van der Waals surface area contributed by atoms with Crippen molar-refractivity contribution in [1.82, 2.24) is 5.32 Å². The molecule has 0 aliphatic rings. The van der Waals surface area contributed by atoms with Crippen LogP contribution in [0.4, 0.5) is 4.39 Å². The van der Waals surface area contributed by atoms with E-state index in [0.29, 0.717) is 12.4 Å². The predicted molar refractivity (Wildman–Crippen MR) is 111 cm³/mol. The summed E-state index contributed by atoms with van der Waals surface area (Å²) in [5.74, 6) is -0.777. The van der Waals surface area contributed by atoms with E-state index in [-0.39, 0.29) is 12.0 Å². The molecular weight excluding hydrogens is 385 g/mol. The molecule has 0 saturated heterocycles. The maximum absolute atomic E-state index is 13.1. The van der Waals surface area contributed by atoms with Crippen molar-refractivity contribution < 1.29 is 23.5 Å². The normalized spacial score (nSPS) is 11.4. The molecule has 0 radical (unpaired) electrons. The van der Waals surface area contributed by atoms with Gasteiger partial charge in [-0.2, -0.15) is 0 Å². The number of hydrogen-bond donors (Lipinski definition) is 1. The SMILES string of the molecule is COC(=O)[C@@H](Cc1ccc(OCc2ccccc2)cc1)NC(=O)c1ccc(F)cc1. The first-order valence-electron chi connectivity index (χ1n) is 9.45. The molecule has 0 aromatic heterocycles. The smallest absolute Gasteiger partial charge is 0.328 e. The molecule has 3 aromatic carbocycles. The maximum Gasteiger partial charge on any atom is 0.328 e. The van der Waals surface area contributed by atoms with Crippen molar-refractivity contribution in [2.24, 2.45) is 0 Å². The summed E-state index contributed by atoms with van der Waals surface area (Å²) in [4.78, 5) is 24.5. The summed E-state index contributed by atoms with van der Waals surface area (Å²) >= 11 is 0. The lowest BCUT2D eigenvalue weighted by atomic mass is 10.0. The van der Waals surface area contributed by atoms with Gasteiger partial charge in [-0.15, -0.1) is 0 Å². The van der Waals surface area contributed by atoms with Gasteiger partial charge in [0, 0.05) is 12.0 Å². The molecule has 154 valence electrons. The summed E-state index contributed by atoms with van der Waals surface area (Å²) in [6, 6.07) is 21.3. The highest BCUT2D eigenvalue weighted by Crippen LogP contribution is 2.16. The molecule has 0 aliphatic heterocycles. The Morgan fingerprint density at radius 2 is 1.57 bits per heavy atom. The Hall–Kier alpha value is -3.67.